The van der Waals surface area contributed by atoms with Crippen LogP contribution in [0.3, 0.4) is 0 Å². The maximum atomic E-state index is 13.7. The van der Waals surface area contributed by atoms with Gasteiger partial charge in [-0.3, -0.25) is 14.4 Å². The first-order valence-corrected chi connectivity index (χ1v) is 7.29. The Kier molecular flexibility index (Phi) is 7.17. The zero-order valence-corrected chi connectivity index (χ0v) is 14.1. The molecule has 8 nitrogen and oxygen atoms in total. The van der Waals surface area contributed by atoms with Crippen molar-refractivity contribution in [3.63, 3.8) is 0 Å². The molecule has 0 aliphatic carbocycles. The fourth-order valence-corrected chi connectivity index (χ4v) is 2.29. The molecule has 0 fully saturated rings. The Balaban J connectivity index is 3.16. The first-order valence-electron chi connectivity index (χ1n) is 7.29. The van der Waals surface area contributed by atoms with Crippen LogP contribution in [-0.4, -0.2) is 49.2 Å². The second-order valence-corrected chi connectivity index (χ2v) is 5.27. The Morgan fingerprint density at radius 3 is 2.08 bits per heavy atom. The van der Waals surface area contributed by atoms with Gasteiger partial charge in [0.15, 0.2) is 17.6 Å². The molecule has 0 spiro atoms. The molecule has 1 aromatic carbocycles. The number of benzene rings is 1. The van der Waals surface area contributed by atoms with Gasteiger partial charge < -0.3 is 19.9 Å². The third-order valence-electron chi connectivity index (χ3n) is 3.71. The van der Waals surface area contributed by atoms with Crippen molar-refractivity contribution in [1.82, 2.24) is 5.32 Å². The number of methoxy groups -OCH3 is 2. The molecule has 0 aromatic heterocycles. The topological polar surface area (TPSA) is 119 Å². The Bertz CT molecular complexity index is 707. The molecule has 26 heavy (non-hydrogen) atoms. The lowest BCUT2D eigenvalue weighted by atomic mass is 9.87. The van der Waals surface area contributed by atoms with E-state index < -0.39 is 58.9 Å². The monoisotopic (exact) mass is 373 g/mol. The minimum atomic E-state index is -1.78. The van der Waals surface area contributed by atoms with E-state index in [0.717, 1.165) is 32.4 Å². The third kappa shape index (κ3) is 4.52. The molecule has 0 saturated heterocycles. The molecule has 0 aliphatic rings. The summed E-state index contributed by atoms with van der Waals surface area (Å²) in [6, 6.07) is 1.02. The zero-order chi connectivity index (χ0) is 20.0. The van der Waals surface area contributed by atoms with Crippen molar-refractivity contribution in [3.8, 4) is 0 Å². The Morgan fingerprint density at radius 2 is 1.62 bits per heavy atom. The summed E-state index contributed by atoms with van der Waals surface area (Å²) in [6.07, 6.45) is 0. The molecule has 2 N–H and O–H groups in total. The van der Waals surface area contributed by atoms with E-state index in [4.69, 9.17) is 0 Å². The van der Waals surface area contributed by atoms with Crippen molar-refractivity contribution < 1.29 is 42.5 Å². The van der Waals surface area contributed by atoms with Gasteiger partial charge in [-0.05, 0) is 12.1 Å². The van der Waals surface area contributed by atoms with Crippen LogP contribution in [0, 0.1) is 23.5 Å². The van der Waals surface area contributed by atoms with Gasteiger partial charge in [0, 0.05) is 5.92 Å². The van der Waals surface area contributed by atoms with E-state index in [0.29, 0.717) is 0 Å². The molecule has 0 heterocycles. The average Bonchev–Trinajstić information content (AvgIpc) is 2.60. The van der Waals surface area contributed by atoms with E-state index >= 15 is 0 Å². The second kappa shape index (κ2) is 8.88. The molecule has 142 valence electrons. The first kappa shape index (κ1) is 21.0. The predicted molar refractivity (Wildman–Crippen MR) is 81.9 cm³/mol. The third-order valence-corrected chi connectivity index (χ3v) is 3.71. The molecule has 0 saturated carbocycles. The van der Waals surface area contributed by atoms with Gasteiger partial charge in [0.1, 0.15) is 6.04 Å². The van der Waals surface area contributed by atoms with Gasteiger partial charge in [-0.15, -0.1) is 0 Å². The molecule has 1 amide bonds. The number of carboxylic acid groups (broad SMARTS) is 1. The average molecular weight is 373 g/mol. The second-order valence-electron chi connectivity index (χ2n) is 5.27. The molecular formula is C16H17F2NO7. The number of halogens is 2. The fourth-order valence-electron chi connectivity index (χ4n) is 2.29. The van der Waals surface area contributed by atoms with Crippen LogP contribution in [0.5, 0.6) is 0 Å². The summed E-state index contributed by atoms with van der Waals surface area (Å²) < 4.78 is 35.8. The van der Waals surface area contributed by atoms with Gasteiger partial charge in [0.05, 0.1) is 19.8 Å². The highest BCUT2D eigenvalue weighted by Crippen LogP contribution is 2.21. The highest BCUT2D eigenvalue weighted by Gasteiger charge is 2.42. The molecule has 0 radical (unpaired) electrons. The maximum absolute atomic E-state index is 13.7. The van der Waals surface area contributed by atoms with E-state index in [1.54, 1.807) is 0 Å². The molecule has 10 heteroatoms. The van der Waals surface area contributed by atoms with Crippen molar-refractivity contribution in [2.45, 2.75) is 13.0 Å². The highest BCUT2D eigenvalue weighted by atomic mass is 19.2. The van der Waals surface area contributed by atoms with Crippen LogP contribution in [0.1, 0.15) is 17.3 Å². The minimum Gasteiger partial charge on any atom is -0.480 e. The van der Waals surface area contributed by atoms with Gasteiger partial charge in [0.2, 0.25) is 0 Å². The van der Waals surface area contributed by atoms with E-state index in [1.165, 1.54) is 6.92 Å². The highest BCUT2D eigenvalue weighted by molar-refractivity contribution is 5.99. The Hall–Kier alpha value is -3.04. The van der Waals surface area contributed by atoms with Crippen LogP contribution in [0.2, 0.25) is 0 Å². The van der Waals surface area contributed by atoms with Gasteiger partial charge in [-0.1, -0.05) is 13.0 Å². The number of amides is 1. The molecule has 2 atom stereocenters. The number of carboxylic acids is 1. The number of aliphatic carboxylic acids is 1. The van der Waals surface area contributed by atoms with Crippen molar-refractivity contribution in [1.29, 1.82) is 0 Å². The maximum Gasteiger partial charge on any atom is 0.326 e. The summed E-state index contributed by atoms with van der Waals surface area (Å²) in [5.41, 5.74) is -0.726. The zero-order valence-electron chi connectivity index (χ0n) is 14.1. The molecule has 1 rings (SSSR count). The quantitative estimate of drug-likeness (QED) is 0.535. The minimum absolute atomic E-state index is 0.726. The van der Waals surface area contributed by atoms with Crippen LogP contribution in [0.15, 0.2) is 18.2 Å². The van der Waals surface area contributed by atoms with E-state index in [9.17, 15) is 33.1 Å². The van der Waals surface area contributed by atoms with E-state index in [1.807, 2.05) is 5.32 Å². The van der Waals surface area contributed by atoms with Crippen LogP contribution < -0.4 is 5.32 Å². The van der Waals surface area contributed by atoms with Crippen LogP contribution in [0.25, 0.3) is 0 Å². The van der Waals surface area contributed by atoms with E-state index in [2.05, 4.69) is 9.47 Å². The van der Waals surface area contributed by atoms with E-state index in [-0.39, 0.29) is 0 Å². The number of esters is 2. The summed E-state index contributed by atoms with van der Waals surface area (Å²) in [5, 5.41) is 11.3. The van der Waals surface area contributed by atoms with Gasteiger partial charge in [-0.2, -0.15) is 0 Å². The standard InChI is InChI=1S/C16H17F2NO7/c1-7(10(15(23)25-2)16(24)26-3)12(14(21)22)19-13(20)8-5-4-6-9(17)11(8)18/h4-7,10,12H,1-3H3,(H,19,20)(H,21,22)/t7-,12-/m0/s1. The van der Waals surface area contributed by atoms with Crippen molar-refractivity contribution in [3.05, 3.63) is 35.4 Å². The Labute approximate surface area is 147 Å². The molecule has 0 unspecified atom stereocenters. The van der Waals surface area contributed by atoms with Gasteiger partial charge in [-0.25, -0.2) is 13.6 Å². The molecule has 0 aliphatic heterocycles. The molecular weight excluding hydrogens is 356 g/mol. The summed E-state index contributed by atoms with van der Waals surface area (Å²) in [4.78, 5) is 47.2. The van der Waals surface area contributed by atoms with Crippen LogP contribution >= 0.6 is 0 Å². The number of hydrogen-bond donors (Lipinski definition) is 2. The van der Waals surface area contributed by atoms with Crippen molar-refractivity contribution >= 4 is 23.8 Å². The largest absolute Gasteiger partial charge is 0.480 e. The predicted octanol–water partition coefficient (Wildman–Crippen LogP) is 0.746. The number of nitrogens with one attached hydrogen (secondary N) is 1. The smallest absolute Gasteiger partial charge is 0.326 e. The number of carbonyl (C=O) groups is 4. The number of carbonyl (C=O) groups excluding carboxylic acids is 3. The summed E-state index contributed by atoms with van der Waals surface area (Å²) in [7, 11) is 1.98. The normalized spacial score (nSPS) is 12.8. The van der Waals surface area contributed by atoms with Crippen molar-refractivity contribution in [2.75, 3.05) is 14.2 Å². The first-order chi connectivity index (χ1) is 12.1. The number of hydrogen-bond acceptors (Lipinski definition) is 6. The number of rotatable bonds is 7. The lowest BCUT2D eigenvalue weighted by Gasteiger charge is -2.26. The van der Waals surface area contributed by atoms with Crippen LogP contribution in [-0.2, 0) is 23.9 Å². The van der Waals surface area contributed by atoms with Gasteiger partial charge >= 0.3 is 17.9 Å². The SMILES string of the molecule is COC(=O)C(C(=O)OC)[C@H](C)[C@H](NC(=O)c1cccc(F)c1F)C(=O)O. The lowest BCUT2D eigenvalue weighted by Crippen LogP contribution is -2.50. The fraction of sp³-hybridized carbons (Fsp3) is 0.375. The Morgan fingerprint density at radius 1 is 1.08 bits per heavy atom. The molecule has 0 bridgehead atoms. The van der Waals surface area contributed by atoms with Crippen LogP contribution in [0.4, 0.5) is 8.78 Å². The summed E-state index contributed by atoms with van der Waals surface area (Å²) >= 11 is 0. The van der Waals surface area contributed by atoms with Gasteiger partial charge in [0.25, 0.3) is 5.91 Å². The summed E-state index contributed by atoms with van der Waals surface area (Å²) in [6.45, 7) is 1.19. The molecule has 1 aromatic rings. The van der Waals surface area contributed by atoms with Crippen molar-refractivity contribution in [2.24, 2.45) is 11.8 Å². The summed E-state index contributed by atoms with van der Waals surface area (Å²) in [5.74, 6) is -10.7. The lowest BCUT2D eigenvalue weighted by molar-refractivity contribution is -0.162. The number of ether oxygens (including phenoxy) is 2.